The normalized spacial score (nSPS) is 11.1. The minimum atomic E-state index is -4.71. The molecule has 0 aliphatic carbocycles. The summed E-state index contributed by atoms with van der Waals surface area (Å²) in [6.07, 6.45) is 1.74. The SMILES string of the molecule is CCNC(=O)c1cc(F)c(-c2nc(Nc3ccc4[nH]ncc4c3Cl)n(C)n2)c(F)c1.CCNC(=O)c1ccc(-c2nc(Nc3ccc4[nH]ncc4c3Cl)n(C)n2)c(C(F)(F)F)c1.CCNC(=O)c1ccc(-c2nc(Nc3ccc4[nH]ncc4c3Cl)n(C)n2)c(F)c1.CCNC(=O)c1ccc(-c2nc(Nc3ccc4[nH]ncc4c3Cl)n(C)n2)cc1C#N. The van der Waals surface area contributed by atoms with Crippen molar-refractivity contribution in [2.75, 3.05) is 47.4 Å². The van der Waals surface area contributed by atoms with Gasteiger partial charge in [-0.2, -0.15) is 58.8 Å². The van der Waals surface area contributed by atoms with E-state index in [0.717, 1.165) is 51.0 Å². The van der Waals surface area contributed by atoms with Crippen LogP contribution in [0.2, 0.25) is 20.1 Å². The Kier molecular flexibility index (Phi) is 25.2. The van der Waals surface area contributed by atoms with Gasteiger partial charge in [-0.05, 0) is 137 Å². The summed E-state index contributed by atoms with van der Waals surface area (Å²) in [6.45, 7) is 8.59. The molecule has 121 heavy (non-hydrogen) atoms. The summed E-state index contributed by atoms with van der Waals surface area (Å²) >= 11 is 25.7. The Balaban J connectivity index is 0.000000139. The predicted molar refractivity (Wildman–Crippen MR) is 445 cm³/mol. The number of carbonyl (C=O) groups is 4. The molecule has 0 atom stereocenters. The second-order valence-electron chi connectivity index (χ2n) is 26.1. The number of nitriles is 1. The summed E-state index contributed by atoms with van der Waals surface area (Å²) in [4.78, 5) is 65.1. The van der Waals surface area contributed by atoms with Gasteiger partial charge in [0.05, 0.1) is 124 Å². The van der Waals surface area contributed by atoms with E-state index in [-0.39, 0.29) is 74.6 Å². The highest BCUT2D eigenvalue weighted by atomic mass is 35.5. The Morgan fingerprint density at radius 3 is 1.14 bits per heavy atom. The predicted octanol–water partition coefficient (Wildman–Crippen LogP) is 15.3. The zero-order chi connectivity index (χ0) is 86.3. The average Bonchev–Trinajstić information content (AvgIpc) is 1.74. The highest BCUT2D eigenvalue weighted by Gasteiger charge is 2.36. The van der Waals surface area contributed by atoms with Gasteiger partial charge in [0.2, 0.25) is 23.8 Å². The molecule has 8 aromatic heterocycles. The molecule has 0 aliphatic rings. The van der Waals surface area contributed by atoms with Crippen LogP contribution in [0.4, 0.5) is 72.9 Å². The first kappa shape index (κ1) is 84.4. The summed E-state index contributed by atoms with van der Waals surface area (Å²) in [5.74, 6) is -2.68. The largest absolute Gasteiger partial charge is 0.417 e. The van der Waals surface area contributed by atoms with Crippen molar-refractivity contribution in [3.05, 3.63) is 211 Å². The summed E-state index contributed by atoms with van der Waals surface area (Å²) in [5.41, 5.74) is 5.19. The summed E-state index contributed by atoms with van der Waals surface area (Å²) in [5, 5.41) is 80.9. The maximum atomic E-state index is 14.6. The van der Waals surface area contributed by atoms with Crippen LogP contribution in [-0.4, -0.2) is 150 Å². The van der Waals surface area contributed by atoms with Crippen LogP contribution in [0.25, 0.3) is 89.2 Å². The monoisotopic (exact) mass is 1730 g/mol. The smallest absolute Gasteiger partial charge is 0.352 e. The molecule has 0 saturated carbocycles. The number of rotatable bonds is 20. The molecule has 0 radical (unpaired) electrons. The molecule has 16 rings (SSSR count). The van der Waals surface area contributed by atoms with Crippen molar-refractivity contribution < 1.29 is 45.5 Å². The number of nitrogens with one attached hydrogen (secondary N) is 12. The highest BCUT2D eigenvalue weighted by Crippen LogP contribution is 2.41. The van der Waals surface area contributed by atoms with Gasteiger partial charge in [-0.1, -0.05) is 52.5 Å². The third-order valence-corrected chi connectivity index (χ3v) is 19.7. The minimum Gasteiger partial charge on any atom is -0.352 e. The van der Waals surface area contributed by atoms with E-state index in [0.29, 0.717) is 109 Å². The number of aromatic nitrogens is 20. The molecule has 618 valence electrons. The van der Waals surface area contributed by atoms with E-state index in [2.05, 4.69) is 130 Å². The number of benzene rings is 8. The zero-order valence-corrected chi connectivity index (χ0v) is 67.6. The van der Waals surface area contributed by atoms with Crippen molar-refractivity contribution in [3.63, 3.8) is 0 Å². The van der Waals surface area contributed by atoms with Crippen LogP contribution in [0, 0.1) is 28.8 Å². The Hall–Kier alpha value is -14.5. The molecular formula is C78H67Cl4F6N29O4. The number of hydrogen-bond acceptors (Lipinski definition) is 21. The first-order valence-electron chi connectivity index (χ1n) is 36.4. The lowest BCUT2D eigenvalue weighted by Crippen LogP contribution is -2.23. The first-order valence-corrected chi connectivity index (χ1v) is 37.9. The van der Waals surface area contributed by atoms with Gasteiger partial charge in [0.15, 0.2) is 23.3 Å². The molecule has 4 amide bonds. The average molecular weight is 1730 g/mol. The molecule has 33 nitrogen and oxygen atoms in total. The lowest BCUT2D eigenvalue weighted by atomic mass is 10.0. The van der Waals surface area contributed by atoms with Gasteiger partial charge in [-0.15, -0.1) is 20.4 Å². The Bertz CT molecular complexity index is 6650. The quantitative estimate of drug-likeness (QED) is 0.0315. The van der Waals surface area contributed by atoms with Crippen LogP contribution in [-0.2, 0) is 34.4 Å². The Labute approximate surface area is 700 Å². The van der Waals surface area contributed by atoms with Gasteiger partial charge < -0.3 is 42.5 Å². The maximum Gasteiger partial charge on any atom is 0.417 e. The molecule has 12 N–H and O–H groups in total. The molecule has 0 saturated heterocycles. The van der Waals surface area contributed by atoms with Crippen LogP contribution >= 0.6 is 46.4 Å². The maximum absolute atomic E-state index is 14.6. The molecule has 0 bridgehead atoms. The lowest BCUT2D eigenvalue weighted by Gasteiger charge is -2.12. The number of hydrogen-bond donors (Lipinski definition) is 12. The third kappa shape index (κ3) is 18.3. The van der Waals surface area contributed by atoms with E-state index in [9.17, 15) is 50.8 Å². The second kappa shape index (κ2) is 36.2. The van der Waals surface area contributed by atoms with E-state index in [1.54, 1.807) is 127 Å². The number of anilines is 8. The number of H-pyrrole nitrogens is 4. The molecule has 8 heterocycles. The van der Waals surface area contributed by atoms with E-state index < -0.39 is 46.6 Å². The first-order chi connectivity index (χ1) is 58.1. The topological polar surface area (TPSA) is 426 Å². The zero-order valence-electron chi connectivity index (χ0n) is 64.6. The number of alkyl halides is 3. The van der Waals surface area contributed by atoms with Crippen molar-refractivity contribution in [2.24, 2.45) is 28.2 Å². The Morgan fingerprint density at radius 1 is 0.413 bits per heavy atom. The fourth-order valence-corrected chi connectivity index (χ4v) is 13.2. The molecule has 0 unspecified atom stereocenters. The van der Waals surface area contributed by atoms with Crippen LogP contribution in [0.5, 0.6) is 0 Å². The number of carbonyl (C=O) groups excluding carboxylic acids is 4. The number of amides is 4. The van der Waals surface area contributed by atoms with E-state index in [4.69, 9.17) is 46.4 Å². The standard InChI is InChI=1S/C20H17ClF3N7O.C20H17ClN8O.C19H16ClF2N7O.C19H17ClFN7O/c1-3-25-18(32)10-4-5-11(13(8-10)20(22,23)24)17-28-19(31(2)30-17)27-15-7-6-14-12(16(15)21)9-26-29-14;1-3-23-19(30)13-5-4-11(8-12(13)9-22)18-26-20(29(2)28-18)25-16-7-6-15-14(17(16)21)10-24-27-15;1-3-23-18(30)9-6-11(21)15(12(22)7-9)17-26-19(29(2)28-17)25-14-5-4-13-10(16(14)20)8-24-27-13;1-3-22-18(29)10-4-5-11(13(21)8-10)17-25-19(28(2)27-17)24-15-7-6-14-12(16(15)20)9-23-26-14/h4-9H,3H2,1-2H3,(H,25,32)(H,26,29)(H,27,28,30);4-8,10H,3H2,1-2H3,(H,23,30)(H,24,27)(H,25,26,28);4-8H,3H2,1-2H3,(H,23,30)(H,24,27)(H,25,26,28);4-9H,3H2,1-2H3,(H,22,29)(H,23,26)(H,24,25,27). The number of nitrogens with zero attached hydrogens (tertiary/aromatic N) is 17. The molecule has 43 heteroatoms. The van der Waals surface area contributed by atoms with Crippen LogP contribution in [0.15, 0.2) is 140 Å². The molecular weight excluding hydrogens is 1660 g/mol. The van der Waals surface area contributed by atoms with Gasteiger partial charge in [0.1, 0.15) is 17.5 Å². The van der Waals surface area contributed by atoms with Crippen molar-refractivity contribution in [1.82, 2.24) is 121 Å². The fourth-order valence-electron chi connectivity index (χ4n) is 12.1. The molecule has 0 aliphatic heterocycles. The van der Waals surface area contributed by atoms with Crippen LogP contribution < -0.4 is 42.5 Å². The molecule has 0 spiro atoms. The number of fused-ring (bicyclic) bond motifs is 4. The highest BCUT2D eigenvalue weighted by molar-refractivity contribution is 6.39. The van der Waals surface area contributed by atoms with E-state index >= 15 is 0 Å². The number of halogens is 10. The van der Waals surface area contributed by atoms with Crippen molar-refractivity contribution >= 4 is 160 Å². The third-order valence-electron chi connectivity index (χ3n) is 18.1. The fraction of sp³-hybridized carbons (Fsp3) is 0.167. The van der Waals surface area contributed by atoms with Crippen molar-refractivity contribution in [3.8, 4) is 51.6 Å². The van der Waals surface area contributed by atoms with Crippen LogP contribution in [0.3, 0.4) is 0 Å². The second-order valence-corrected chi connectivity index (χ2v) is 27.7. The molecule has 8 aromatic carbocycles. The Morgan fingerprint density at radius 2 is 0.752 bits per heavy atom. The van der Waals surface area contributed by atoms with Gasteiger partial charge in [0.25, 0.3) is 23.6 Å². The number of aromatic amines is 4. The number of aryl methyl sites for hydroxylation is 4. The van der Waals surface area contributed by atoms with E-state index in [1.807, 2.05) is 25.1 Å². The molecule has 16 aromatic rings. The van der Waals surface area contributed by atoms with Crippen molar-refractivity contribution in [2.45, 2.75) is 33.9 Å². The van der Waals surface area contributed by atoms with Gasteiger partial charge in [0, 0.05) is 104 Å². The summed E-state index contributed by atoms with van der Waals surface area (Å²) in [7, 11) is 6.54. The van der Waals surface area contributed by atoms with Gasteiger partial charge >= 0.3 is 6.18 Å². The minimum absolute atomic E-state index is 0.0996. The van der Waals surface area contributed by atoms with Crippen molar-refractivity contribution in [1.29, 1.82) is 5.26 Å². The van der Waals surface area contributed by atoms with E-state index in [1.165, 1.54) is 44.4 Å². The van der Waals surface area contributed by atoms with Gasteiger partial charge in [-0.25, -0.2) is 31.9 Å². The lowest BCUT2D eigenvalue weighted by molar-refractivity contribution is -0.137. The summed E-state index contributed by atoms with van der Waals surface area (Å²) in [6, 6.07) is 30.7. The summed E-state index contributed by atoms with van der Waals surface area (Å²) < 4.78 is 90.8. The molecule has 0 fully saturated rings. The van der Waals surface area contributed by atoms with Gasteiger partial charge in [-0.3, -0.25) is 39.6 Å². The van der Waals surface area contributed by atoms with Crippen LogP contribution in [0.1, 0.15) is 80.3 Å².